The quantitative estimate of drug-likeness (QED) is 0.666. The molecule has 0 bridgehead atoms. The number of hydrazone groups is 1. The Kier molecular flexibility index (Phi) is 5.95. The van der Waals surface area contributed by atoms with Crippen LogP contribution in [-0.4, -0.2) is 18.7 Å². The second-order valence-corrected chi connectivity index (χ2v) is 4.18. The fourth-order valence-electron chi connectivity index (χ4n) is 1.23. The van der Waals surface area contributed by atoms with Gasteiger partial charge in [-0.05, 0) is 25.5 Å². The first-order chi connectivity index (χ1) is 8.60. The van der Waals surface area contributed by atoms with E-state index in [-0.39, 0.29) is 5.91 Å². The molecule has 0 aliphatic rings. The van der Waals surface area contributed by atoms with Crippen LogP contribution >= 0.6 is 23.2 Å². The van der Waals surface area contributed by atoms with Crippen LogP contribution in [-0.2, 0) is 0 Å². The predicted octanol–water partition coefficient (Wildman–Crippen LogP) is 3.52. The maximum Gasteiger partial charge on any atom is 0.271 e. The number of nitrogens with zero attached hydrogens (tertiary/aromatic N) is 1. The van der Waals surface area contributed by atoms with Crippen LogP contribution in [0.3, 0.4) is 0 Å². The first-order valence-corrected chi connectivity index (χ1v) is 6.29. The highest BCUT2D eigenvalue weighted by molar-refractivity contribution is 6.37. The van der Waals surface area contributed by atoms with Crippen molar-refractivity contribution in [3.05, 3.63) is 27.7 Å². The summed E-state index contributed by atoms with van der Waals surface area (Å²) in [5.74, 6) is 0.0148. The molecule has 0 atom stereocenters. The highest BCUT2D eigenvalue weighted by Gasteiger charge is 2.13. The van der Waals surface area contributed by atoms with E-state index in [0.29, 0.717) is 28.0 Å². The maximum atomic E-state index is 11.7. The molecule has 0 fully saturated rings. The van der Waals surface area contributed by atoms with E-state index in [4.69, 9.17) is 27.9 Å². The summed E-state index contributed by atoms with van der Waals surface area (Å²) in [5, 5.41) is 4.34. The van der Waals surface area contributed by atoms with Crippen LogP contribution in [0.5, 0.6) is 5.75 Å². The van der Waals surface area contributed by atoms with Crippen molar-refractivity contribution in [1.82, 2.24) is 5.43 Å². The minimum Gasteiger partial charge on any atom is -0.491 e. The third-order valence-corrected chi connectivity index (χ3v) is 2.55. The molecule has 0 spiro atoms. The van der Waals surface area contributed by atoms with Gasteiger partial charge in [-0.3, -0.25) is 4.79 Å². The lowest BCUT2D eigenvalue weighted by molar-refractivity contribution is 0.0955. The van der Waals surface area contributed by atoms with E-state index in [9.17, 15) is 4.79 Å². The summed E-state index contributed by atoms with van der Waals surface area (Å²) in [6, 6.07) is 2.99. The summed E-state index contributed by atoms with van der Waals surface area (Å²) in [6.45, 7) is 4.19. The average molecular weight is 289 g/mol. The van der Waals surface area contributed by atoms with Crippen molar-refractivity contribution >= 4 is 35.3 Å². The number of carbonyl (C=O) groups is 1. The molecule has 0 aliphatic carbocycles. The summed E-state index contributed by atoms with van der Waals surface area (Å²) in [5.41, 5.74) is 2.71. The largest absolute Gasteiger partial charge is 0.491 e. The summed E-state index contributed by atoms with van der Waals surface area (Å²) in [6.07, 6.45) is 2.33. The molecule has 6 heteroatoms. The Hall–Kier alpha value is -1.26. The smallest absolute Gasteiger partial charge is 0.271 e. The number of hydrogen-bond acceptors (Lipinski definition) is 3. The number of amides is 1. The van der Waals surface area contributed by atoms with Crippen molar-refractivity contribution in [2.45, 2.75) is 20.3 Å². The van der Waals surface area contributed by atoms with E-state index in [0.717, 1.165) is 6.42 Å². The zero-order valence-corrected chi connectivity index (χ0v) is 11.7. The molecule has 18 heavy (non-hydrogen) atoms. The van der Waals surface area contributed by atoms with E-state index in [1.165, 1.54) is 12.1 Å². The van der Waals surface area contributed by atoms with Gasteiger partial charge in [0.2, 0.25) is 0 Å². The van der Waals surface area contributed by atoms with E-state index in [1.807, 2.05) is 13.8 Å². The number of benzene rings is 1. The number of nitrogens with one attached hydrogen (secondary N) is 1. The fourth-order valence-corrected chi connectivity index (χ4v) is 1.83. The molecule has 0 saturated carbocycles. The number of halogens is 2. The van der Waals surface area contributed by atoms with Gasteiger partial charge in [-0.1, -0.05) is 30.1 Å². The second kappa shape index (κ2) is 7.24. The monoisotopic (exact) mass is 288 g/mol. The zero-order chi connectivity index (χ0) is 13.5. The van der Waals surface area contributed by atoms with Crippen molar-refractivity contribution in [3.8, 4) is 5.75 Å². The molecule has 0 unspecified atom stereocenters. The maximum absolute atomic E-state index is 11.7. The number of carbonyl (C=O) groups excluding carboxylic acids is 1. The van der Waals surface area contributed by atoms with Gasteiger partial charge in [-0.15, -0.1) is 0 Å². The van der Waals surface area contributed by atoms with Gasteiger partial charge in [0, 0.05) is 11.8 Å². The molecule has 1 N–H and O–H groups in total. The Bertz CT molecular complexity index is 438. The zero-order valence-electron chi connectivity index (χ0n) is 10.2. The Balaban J connectivity index is 2.91. The molecule has 0 aliphatic heterocycles. The van der Waals surface area contributed by atoms with Gasteiger partial charge < -0.3 is 4.74 Å². The van der Waals surface area contributed by atoms with Crippen LogP contribution in [0.2, 0.25) is 10.0 Å². The third-order valence-electron chi connectivity index (χ3n) is 1.99. The normalized spacial score (nSPS) is 10.7. The molecule has 1 aromatic carbocycles. The van der Waals surface area contributed by atoms with Gasteiger partial charge in [0.1, 0.15) is 0 Å². The first-order valence-electron chi connectivity index (χ1n) is 5.53. The topological polar surface area (TPSA) is 50.7 Å². The van der Waals surface area contributed by atoms with Crippen LogP contribution < -0.4 is 10.2 Å². The minimum atomic E-state index is -0.369. The van der Waals surface area contributed by atoms with Crippen LogP contribution in [0.15, 0.2) is 17.2 Å². The molecule has 0 aromatic heterocycles. The molecule has 1 amide bonds. The van der Waals surface area contributed by atoms with Crippen LogP contribution in [0.1, 0.15) is 30.6 Å². The van der Waals surface area contributed by atoms with Gasteiger partial charge >= 0.3 is 0 Å². The van der Waals surface area contributed by atoms with Gasteiger partial charge in [-0.25, -0.2) is 5.43 Å². The minimum absolute atomic E-state index is 0.300. The Morgan fingerprint density at radius 3 is 2.50 bits per heavy atom. The van der Waals surface area contributed by atoms with Crippen molar-refractivity contribution in [2.75, 3.05) is 6.61 Å². The molecular formula is C12H14Cl2N2O2. The molecule has 4 nitrogen and oxygen atoms in total. The van der Waals surface area contributed by atoms with Crippen molar-refractivity contribution in [1.29, 1.82) is 0 Å². The lowest BCUT2D eigenvalue weighted by atomic mass is 10.2. The molecule has 0 radical (unpaired) electrons. The molecule has 0 heterocycles. The van der Waals surface area contributed by atoms with Crippen molar-refractivity contribution in [3.63, 3.8) is 0 Å². The van der Waals surface area contributed by atoms with E-state index in [2.05, 4.69) is 10.5 Å². The Morgan fingerprint density at radius 1 is 1.39 bits per heavy atom. The lowest BCUT2D eigenvalue weighted by Crippen LogP contribution is -2.17. The van der Waals surface area contributed by atoms with Crippen LogP contribution in [0.4, 0.5) is 0 Å². The third kappa shape index (κ3) is 3.89. The van der Waals surface area contributed by atoms with Gasteiger partial charge in [0.15, 0.2) is 5.75 Å². The predicted molar refractivity (Wildman–Crippen MR) is 73.9 cm³/mol. The number of ether oxygens (including phenoxy) is 1. The van der Waals surface area contributed by atoms with Crippen molar-refractivity contribution in [2.24, 2.45) is 5.10 Å². The second-order valence-electron chi connectivity index (χ2n) is 3.36. The molecule has 1 aromatic rings. The average Bonchev–Trinajstić information content (AvgIpc) is 2.33. The summed E-state index contributed by atoms with van der Waals surface area (Å²) >= 11 is 12.0. The Morgan fingerprint density at radius 2 is 2.00 bits per heavy atom. The van der Waals surface area contributed by atoms with Gasteiger partial charge in [-0.2, -0.15) is 5.10 Å². The van der Waals surface area contributed by atoms with Crippen LogP contribution in [0.25, 0.3) is 0 Å². The van der Waals surface area contributed by atoms with Crippen LogP contribution in [0, 0.1) is 0 Å². The Labute approximate surface area is 116 Å². The van der Waals surface area contributed by atoms with E-state index in [1.54, 1.807) is 6.21 Å². The van der Waals surface area contributed by atoms with Gasteiger partial charge in [0.25, 0.3) is 5.91 Å². The molecule has 98 valence electrons. The molecule has 0 saturated heterocycles. The molecule has 1 rings (SSSR count). The van der Waals surface area contributed by atoms with Crippen molar-refractivity contribution < 1.29 is 9.53 Å². The first kappa shape index (κ1) is 14.8. The number of rotatable bonds is 5. The molecular weight excluding hydrogens is 275 g/mol. The van der Waals surface area contributed by atoms with E-state index < -0.39 is 0 Å². The highest BCUT2D eigenvalue weighted by Crippen LogP contribution is 2.34. The SMILES string of the molecule is CCC=NNC(=O)c1cc(Cl)c(OCC)c(Cl)c1. The number of hydrogen-bond donors (Lipinski definition) is 1. The summed E-state index contributed by atoms with van der Waals surface area (Å²) < 4.78 is 5.28. The standard InChI is InChI=1S/C12H14Cl2N2O2/c1-3-5-15-16-12(17)8-6-9(13)11(18-4-2)10(14)7-8/h5-7H,3-4H2,1-2H3,(H,16,17). The highest BCUT2D eigenvalue weighted by atomic mass is 35.5. The van der Waals surface area contributed by atoms with E-state index >= 15 is 0 Å². The fraction of sp³-hybridized carbons (Fsp3) is 0.333. The van der Waals surface area contributed by atoms with Gasteiger partial charge in [0.05, 0.1) is 16.7 Å². The lowest BCUT2D eigenvalue weighted by Gasteiger charge is -2.09. The summed E-state index contributed by atoms with van der Waals surface area (Å²) in [7, 11) is 0. The summed E-state index contributed by atoms with van der Waals surface area (Å²) in [4.78, 5) is 11.7.